The molecule has 0 saturated heterocycles. The third-order valence-corrected chi connectivity index (χ3v) is 9.14. The van der Waals surface area contributed by atoms with Crippen molar-refractivity contribution in [3.63, 3.8) is 0 Å². The molecule has 0 aliphatic heterocycles. The van der Waals surface area contributed by atoms with Gasteiger partial charge in [-0.1, -0.05) is 54.6 Å². The summed E-state index contributed by atoms with van der Waals surface area (Å²) in [6.45, 7) is 0.602. The zero-order valence-electron chi connectivity index (χ0n) is 24.8. The Kier molecular flexibility index (Phi) is 8.59. The Morgan fingerprint density at radius 3 is 2.40 bits per heavy atom. The average molecular weight is 647 g/mol. The molecule has 1 amide bonds. The van der Waals surface area contributed by atoms with Gasteiger partial charge in [0.05, 0.1) is 21.4 Å². The summed E-state index contributed by atoms with van der Waals surface area (Å²) in [6, 6.07) is 24.9. The molecule has 13 heteroatoms. The molecule has 3 heterocycles. The lowest BCUT2D eigenvalue weighted by molar-refractivity contribution is 0.0954. The zero-order chi connectivity index (χ0) is 33.0. The number of anilines is 2. The van der Waals surface area contributed by atoms with Gasteiger partial charge >= 0.3 is 0 Å². The van der Waals surface area contributed by atoms with Crippen LogP contribution >= 0.6 is 0 Å². The number of carbonyl (C=O) groups excluding carboxylic acids is 1. The van der Waals surface area contributed by atoms with Gasteiger partial charge in [0, 0.05) is 31.0 Å². The van der Waals surface area contributed by atoms with Crippen LogP contribution < -0.4 is 16.4 Å². The molecule has 6 aromatic rings. The van der Waals surface area contributed by atoms with E-state index in [-0.39, 0.29) is 33.3 Å². The van der Waals surface area contributed by atoms with Gasteiger partial charge in [0.1, 0.15) is 29.8 Å². The Hall–Kier alpha value is -6.13. The molecule has 6 rings (SSSR count). The number of hydrogen-bond donors (Lipinski definition) is 3. The Bertz CT molecular complexity index is 2230. The number of benzene rings is 3. The first kappa shape index (κ1) is 30.9. The summed E-state index contributed by atoms with van der Waals surface area (Å²) >= 11 is 0. The predicted molar refractivity (Wildman–Crippen MR) is 175 cm³/mol. The third kappa shape index (κ3) is 6.49. The van der Waals surface area contributed by atoms with Crippen molar-refractivity contribution in [2.75, 3.05) is 17.6 Å². The van der Waals surface area contributed by atoms with Crippen LogP contribution in [0.1, 0.15) is 27.0 Å². The highest BCUT2D eigenvalue weighted by molar-refractivity contribution is 7.90. The molecule has 3 aromatic carbocycles. The molecule has 11 nitrogen and oxygen atoms in total. The average Bonchev–Trinajstić information content (AvgIpc) is 3.51. The lowest BCUT2D eigenvalue weighted by Gasteiger charge is -2.12. The number of rotatable bonds is 10. The van der Waals surface area contributed by atoms with Gasteiger partial charge in [0.15, 0.2) is 5.65 Å². The first-order valence-electron chi connectivity index (χ1n) is 14.4. The quantitative estimate of drug-likeness (QED) is 0.187. The van der Waals surface area contributed by atoms with E-state index in [9.17, 15) is 22.9 Å². The Morgan fingerprint density at radius 2 is 1.68 bits per heavy atom. The number of halogens is 1. The minimum absolute atomic E-state index is 0.111. The van der Waals surface area contributed by atoms with Crippen LogP contribution in [0.25, 0.3) is 22.2 Å². The van der Waals surface area contributed by atoms with Crippen LogP contribution in [-0.4, -0.2) is 39.8 Å². The normalized spacial score (nSPS) is 11.2. The molecule has 47 heavy (non-hydrogen) atoms. The van der Waals surface area contributed by atoms with Gasteiger partial charge < -0.3 is 16.4 Å². The third-order valence-electron chi connectivity index (χ3n) is 7.48. The van der Waals surface area contributed by atoms with Gasteiger partial charge in [0.25, 0.3) is 15.9 Å². The zero-order valence-corrected chi connectivity index (χ0v) is 25.6. The first-order valence-corrected chi connectivity index (χ1v) is 15.9. The number of fused-ring (bicyclic) bond motifs is 1. The summed E-state index contributed by atoms with van der Waals surface area (Å²) in [5, 5.41) is 15.8. The molecule has 3 aromatic heterocycles. The van der Waals surface area contributed by atoms with Crippen LogP contribution in [0, 0.1) is 17.1 Å². The van der Waals surface area contributed by atoms with Gasteiger partial charge in [-0.05, 0) is 53.4 Å². The van der Waals surface area contributed by atoms with Crippen molar-refractivity contribution in [2.24, 2.45) is 0 Å². The maximum absolute atomic E-state index is 13.5. The van der Waals surface area contributed by atoms with E-state index in [1.165, 1.54) is 49.1 Å². The van der Waals surface area contributed by atoms with Crippen molar-refractivity contribution in [2.45, 2.75) is 17.9 Å². The van der Waals surface area contributed by atoms with E-state index in [0.717, 1.165) is 15.1 Å². The van der Waals surface area contributed by atoms with E-state index in [2.05, 4.69) is 25.6 Å². The summed E-state index contributed by atoms with van der Waals surface area (Å²) in [4.78, 5) is 25.8. The molecule has 0 unspecified atom stereocenters. The van der Waals surface area contributed by atoms with Crippen molar-refractivity contribution < 1.29 is 17.6 Å². The Morgan fingerprint density at radius 1 is 0.957 bits per heavy atom. The van der Waals surface area contributed by atoms with E-state index >= 15 is 0 Å². The molecule has 0 bridgehead atoms. The smallest absolute Gasteiger partial charge is 0.269 e. The van der Waals surface area contributed by atoms with Crippen LogP contribution in [0.2, 0.25) is 0 Å². The Labute approximate surface area is 269 Å². The SMILES string of the molecule is N#Cc1cnc(NCc2ccc(-c3cn(S(=O)(=O)c4ccccc4)c4ncnc(N)c34)cc2)c(C(=O)NCCc2ccc(F)cc2)c1. The van der Waals surface area contributed by atoms with Gasteiger partial charge in [-0.15, -0.1) is 0 Å². The van der Waals surface area contributed by atoms with Crippen LogP contribution in [0.5, 0.6) is 0 Å². The molecule has 0 radical (unpaired) electrons. The molecule has 234 valence electrons. The fourth-order valence-corrected chi connectivity index (χ4v) is 6.40. The van der Waals surface area contributed by atoms with E-state index < -0.39 is 15.9 Å². The number of amides is 1. The molecular weight excluding hydrogens is 619 g/mol. The van der Waals surface area contributed by atoms with Crippen molar-refractivity contribution in [1.82, 2.24) is 24.2 Å². The molecule has 0 saturated carbocycles. The van der Waals surface area contributed by atoms with E-state index in [1.54, 1.807) is 30.3 Å². The summed E-state index contributed by atoms with van der Waals surface area (Å²) < 4.78 is 41.3. The number of nitrogen functional groups attached to an aromatic ring is 1. The molecule has 0 aliphatic rings. The number of hydrogen-bond acceptors (Lipinski definition) is 9. The summed E-state index contributed by atoms with van der Waals surface area (Å²) in [7, 11) is -3.97. The van der Waals surface area contributed by atoms with Gasteiger partial charge in [-0.3, -0.25) is 4.79 Å². The summed E-state index contributed by atoms with van der Waals surface area (Å²) in [6.07, 6.45) is 4.60. The second-order valence-corrected chi connectivity index (χ2v) is 12.3. The molecule has 0 fully saturated rings. The number of nitrogens with two attached hydrogens (primary N) is 1. The Balaban J connectivity index is 1.21. The monoisotopic (exact) mass is 646 g/mol. The van der Waals surface area contributed by atoms with Crippen molar-refractivity contribution in [3.05, 3.63) is 132 Å². The van der Waals surface area contributed by atoms with E-state index in [0.29, 0.717) is 41.8 Å². The van der Waals surface area contributed by atoms with Gasteiger partial charge in [-0.2, -0.15) is 5.26 Å². The lowest BCUT2D eigenvalue weighted by Crippen LogP contribution is -2.27. The van der Waals surface area contributed by atoms with Crippen LogP contribution in [0.3, 0.4) is 0 Å². The highest BCUT2D eigenvalue weighted by Gasteiger charge is 2.24. The number of nitriles is 1. The van der Waals surface area contributed by atoms with Crippen molar-refractivity contribution >= 4 is 38.6 Å². The minimum Gasteiger partial charge on any atom is -0.383 e. The van der Waals surface area contributed by atoms with Gasteiger partial charge in [-0.25, -0.2) is 31.7 Å². The first-order chi connectivity index (χ1) is 22.7. The fourth-order valence-electron chi connectivity index (χ4n) is 5.06. The highest BCUT2D eigenvalue weighted by atomic mass is 32.2. The number of aromatic nitrogens is 4. The van der Waals surface area contributed by atoms with E-state index in [1.807, 2.05) is 30.3 Å². The maximum Gasteiger partial charge on any atom is 0.269 e. The fraction of sp³-hybridized carbons (Fsp3) is 0.0882. The molecule has 0 atom stereocenters. The molecular formula is C34H27FN8O3S. The number of pyridine rings is 1. The van der Waals surface area contributed by atoms with Crippen LogP contribution in [0.15, 0.2) is 109 Å². The molecule has 0 aliphatic carbocycles. The summed E-state index contributed by atoms with van der Waals surface area (Å²) in [5.74, 6) is -0.292. The second kappa shape index (κ2) is 13.1. The highest BCUT2D eigenvalue weighted by Crippen LogP contribution is 2.34. The maximum atomic E-state index is 13.5. The van der Waals surface area contributed by atoms with Crippen molar-refractivity contribution in [1.29, 1.82) is 5.26 Å². The minimum atomic E-state index is -3.97. The van der Waals surface area contributed by atoms with E-state index in [4.69, 9.17) is 5.73 Å². The number of nitrogens with zero attached hydrogens (tertiary/aromatic N) is 5. The largest absolute Gasteiger partial charge is 0.383 e. The summed E-state index contributed by atoms with van der Waals surface area (Å²) in [5.41, 5.74) is 9.78. The van der Waals surface area contributed by atoms with Crippen molar-refractivity contribution in [3.8, 4) is 17.2 Å². The lowest BCUT2D eigenvalue weighted by atomic mass is 10.0. The predicted octanol–water partition coefficient (Wildman–Crippen LogP) is 4.91. The molecule has 4 N–H and O–H groups in total. The second-order valence-electron chi connectivity index (χ2n) is 10.5. The standard InChI is InChI=1S/C34H27FN8O3S/c35-26-12-8-22(9-13-26)14-15-38-34(44)28-16-24(17-36)19-40-32(28)39-18-23-6-10-25(11-7-23)29-20-43(33-30(29)31(37)41-21-42-33)47(45,46)27-4-2-1-3-5-27/h1-13,16,19-21H,14-15,18H2,(H,38,44)(H,39,40)(H2,37,41,42). The van der Waals surface area contributed by atoms with Crippen LogP contribution in [0.4, 0.5) is 16.0 Å². The number of nitrogens with one attached hydrogen (secondary N) is 2. The van der Waals surface area contributed by atoms with Gasteiger partial charge in [0.2, 0.25) is 0 Å². The van der Waals surface area contributed by atoms with Crippen LogP contribution in [-0.2, 0) is 23.0 Å². The number of carbonyl (C=O) groups is 1. The topological polar surface area (TPSA) is 169 Å². The molecule has 0 spiro atoms.